The molecule has 3 aromatic rings. The average molecular weight is 336 g/mol. The molecule has 96 valence electrons. The Bertz CT molecular complexity index is 680. The Labute approximate surface area is 122 Å². The van der Waals surface area contributed by atoms with Gasteiger partial charge in [-0.2, -0.15) is 4.98 Å². The van der Waals surface area contributed by atoms with E-state index in [0.29, 0.717) is 11.7 Å². The Balaban J connectivity index is 1.89. The maximum absolute atomic E-state index is 6.11. The zero-order chi connectivity index (χ0) is 13.2. The van der Waals surface area contributed by atoms with Gasteiger partial charge >= 0.3 is 0 Å². The second kappa shape index (κ2) is 5.24. The molecular formula is C13H10BrN3OS. The quantitative estimate of drug-likeness (QED) is 0.794. The van der Waals surface area contributed by atoms with E-state index in [4.69, 9.17) is 10.3 Å². The van der Waals surface area contributed by atoms with E-state index in [9.17, 15) is 0 Å². The highest BCUT2D eigenvalue weighted by molar-refractivity contribution is 9.10. The van der Waals surface area contributed by atoms with Crippen LogP contribution in [0.1, 0.15) is 17.5 Å². The van der Waals surface area contributed by atoms with Crippen molar-refractivity contribution in [3.05, 3.63) is 57.7 Å². The minimum absolute atomic E-state index is 0.397. The van der Waals surface area contributed by atoms with E-state index in [1.807, 2.05) is 41.8 Å². The third kappa shape index (κ3) is 2.60. The predicted molar refractivity (Wildman–Crippen MR) is 77.8 cm³/mol. The first-order chi connectivity index (χ1) is 9.24. The molecule has 1 aromatic carbocycles. The van der Waals surface area contributed by atoms with Gasteiger partial charge in [0.1, 0.15) is 6.04 Å². The number of rotatable bonds is 3. The summed E-state index contributed by atoms with van der Waals surface area (Å²) in [4.78, 5) is 5.30. The van der Waals surface area contributed by atoms with Gasteiger partial charge in [-0.25, -0.2) is 0 Å². The Morgan fingerprint density at radius 3 is 2.74 bits per heavy atom. The molecule has 2 heterocycles. The van der Waals surface area contributed by atoms with Crippen LogP contribution in [0.4, 0.5) is 0 Å². The average Bonchev–Trinajstić information content (AvgIpc) is 3.07. The molecule has 0 saturated carbocycles. The summed E-state index contributed by atoms with van der Waals surface area (Å²) in [7, 11) is 0. The number of nitrogens with zero attached hydrogens (tertiary/aromatic N) is 2. The smallest absolute Gasteiger partial charge is 0.248 e. The summed E-state index contributed by atoms with van der Waals surface area (Å²) in [5.41, 5.74) is 7.06. The van der Waals surface area contributed by atoms with Gasteiger partial charge in [0.2, 0.25) is 11.7 Å². The van der Waals surface area contributed by atoms with E-state index in [0.717, 1.165) is 14.9 Å². The molecule has 0 amide bonds. The molecule has 0 bridgehead atoms. The molecule has 19 heavy (non-hydrogen) atoms. The summed E-state index contributed by atoms with van der Waals surface area (Å²) < 4.78 is 6.26. The van der Waals surface area contributed by atoms with Gasteiger partial charge in [-0.15, -0.1) is 11.3 Å². The van der Waals surface area contributed by atoms with Crippen LogP contribution >= 0.6 is 27.3 Å². The van der Waals surface area contributed by atoms with E-state index in [1.54, 1.807) is 11.3 Å². The molecule has 0 unspecified atom stereocenters. The van der Waals surface area contributed by atoms with Gasteiger partial charge < -0.3 is 10.3 Å². The van der Waals surface area contributed by atoms with Crippen molar-refractivity contribution in [2.45, 2.75) is 6.04 Å². The minimum Gasteiger partial charge on any atom is -0.337 e. The summed E-state index contributed by atoms with van der Waals surface area (Å²) in [6.07, 6.45) is 0. The number of halogens is 1. The molecule has 3 rings (SSSR count). The van der Waals surface area contributed by atoms with Crippen molar-refractivity contribution < 1.29 is 4.52 Å². The van der Waals surface area contributed by atoms with Gasteiger partial charge in [-0.1, -0.05) is 35.5 Å². The minimum atomic E-state index is -0.397. The largest absolute Gasteiger partial charge is 0.337 e. The predicted octanol–water partition coefficient (Wildman–Crippen LogP) is 3.61. The van der Waals surface area contributed by atoms with Crippen molar-refractivity contribution in [3.8, 4) is 10.7 Å². The van der Waals surface area contributed by atoms with Crippen LogP contribution in [-0.4, -0.2) is 10.1 Å². The van der Waals surface area contributed by atoms with E-state index < -0.39 is 6.04 Å². The molecule has 0 aliphatic rings. The zero-order valence-electron chi connectivity index (χ0n) is 9.79. The summed E-state index contributed by atoms with van der Waals surface area (Å²) >= 11 is 4.95. The molecule has 2 N–H and O–H groups in total. The summed E-state index contributed by atoms with van der Waals surface area (Å²) in [6.45, 7) is 0. The van der Waals surface area contributed by atoms with Gasteiger partial charge in [0, 0.05) is 9.85 Å². The maximum atomic E-state index is 6.11. The topological polar surface area (TPSA) is 64.9 Å². The molecule has 0 aliphatic carbocycles. The molecule has 1 atom stereocenters. The van der Waals surface area contributed by atoms with Crippen LogP contribution in [0.15, 0.2) is 50.8 Å². The summed E-state index contributed by atoms with van der Waals surface area (Å²) in [5, 5.41) is 5.94. The third-order valence-corrected chi connectivity index (χ3v) is 4.34. The first-order valence-corrected chi connectivity index (χ1v) is 7.30. The lowest BCUT2D eigenvalue weighted by molar-refractivity contribution is 0.367. The van der Waals surface area contributed by atoms with E-state index in [-0.39, 0.29) is 0 Å². The normalized spacial score (nSPS) is 12.5. The molecule has 0 radical (unpaired) electrons. The highest BCUT2D eigenvalue weighted by atomic mass is 79.9. The molecule has 0 spiro atoms. The first kappa shape index (κ1) is 12.5. The Hall–Kier alpha value is -1.50. The van der Waals surface area contributed by atoms with Crippen LogP contribution in [0.5, 0.6) is 0 Å². The van der Waals surface area contributed by atoms with Crippen LogP contribution in [-0.2, 0) is 0 Å². The monoisotopic (exact) mass is 335 g/mol. The van der Waals surface area contributed by atoms with Gasteiger partial charge in [0.25, 0.3) is 0 Å². The van der Waals surface area contributed by atoms with Crippen molar-refractivity contribution in [3.63, 3.8) is 0 Å². The third-order valence-electron chi connectivity index (χ3n) is 2.65. The van der Waals surface area contributed by atoms with Crippen molar-refractivity contribution >= 4 is 27.3 Å². The van der Waals surface area contributed by atoms with E-state index >= 15 is 0 Å². The van der Waals surface area contributed by atoms with Crippen LogP contribution < -0.4 is 5.73 Å². The van der Waals surface area contributed by atoms with Gasteiger partial charge in [-0.3, -0.25) is 0 Å². The van der Waals surface area contributed by atoms with E-state index in [2.05, 4.69) is 26.1 Å². The van der Waals surface area contributed by atoms with Crippen LogP contribution in [0.25, 0.3) is 10.7 Å². The van der Waals surface area contributed by atoms with Gasteiger partial charge in [0.05, 0.1) is 4.88 Å². The Kier molecular flexibility index (Phi) is 3.46. The number of nitrogens with two attached hydrogens (primary N) is 1. The molecule has 4 nitrogen and oxygen atoms in total. The Morgan fingerprint density at radius 1 is 1.26 bits per heavy atom. The van der Waals surface area contributed by atoms with Crippen molar-refractivity contribution in [2.24, 2.45) is 5.73 Å². The highest BCUT2D eigenvalue weighted by Gasteiger charge is 2.17. The lowest BCUT2D eigenvalue weighted by Gasteiger charge is -2.05. The van der Waals surface area contributed by atoms with Gasteiger partial charge in [-0.05, 0) is 27.6 Å². The number of benzene rings is 1. The fraction of sp³-hybridized carbons (Fsp3) is 0.0769. The number of aromatic nitrogens is 2. The van der Waals surface area contributed by atoms with E-state index in [1.165, 1.54) is 0 Å². The molecule has 0 saturated heterocycles. The standard InChI is InChI=1S/C13H10BrN3OS/c14-9-6-10(19-7-9)12-16-13(18-17-12)11(15)8-4-2-1-3-5-8/h1-7,11H,15H2/t11-/m1/s1. The summed E-state index contributed by atoms with van der Waals surface area (Å²) in [5.74, 6) is 0.989. The lowest BCUT2D eigenvalue weighted by atomic mass is 10.1. The molecular weight excluding hydrogens is 326 g/mol. The van der Waals surface area contributed by atoms with Gasteiger partial charge in [0.15, 0.2) is 0 Å². The number of thiophene rings is 1. The molecule has 0 aliphatic heterocycles. The second-order valence-electron chi connectivity index (χ2n) is 3.97. The fourth-order valence-electron chi connectivity index (χ4n) is 1.69. The fourth-order valence-corrected chi connectivity index (χ4v) is 3.05. The maximum Gasteiger partial charge on any atom is 0.248 e. The van der Waals surface area contributed by atoms with Crippen LogP contribution in [0, 0.1) is 0 Å². The summed E-state index contributed by atoms with van der Waals surface area (Å²) in [6, 6.07) is 11.2. The SMILES string of the molecule is N[C@H](c1ccccc1)c1nc(-c2cc(Br)cs2)no1. The molecule has 0 fully saturated rings. The molecule has 6 heteroatoms. The lowest BCUT2D eigenvalue weighted by Crippen LogP contribution is -2.11. The van der Waals surface area contributed by atoms with Crippen LogP contribution in [0.3, 0.4) is 0 Å². The zero-order valence-corrected chi connectivity index (χ0v) is 12.2. The highest BCUT2D eigenvalue weighted by Crippen LogP contribution is 2.29. The van der Waals surface area contributed by atoms with Crippen molar-refractivity contribution in [1.29, 1.82) is 0 Å². The number of hydrogen-bond acceptors (Lipinski definition) is 5. The van der Waals surface area contributed by atoms with Crippen LogP contribution in [0.2, 0.25) is 0 Å². The second-order valence-corrected chi connectivity index (χ2v) is 5.80. The number of hydrogen-bond donors (Lipinski definition) is 1. The van der Waals surface area contributed by atoms with Crippen molar-refractivity contribution in [2.75, 3.05) is 0 Å². The molecule has 2 aromatic heterocycles. The van der Waals surface area contributed by atoms with Crippen molar-refractivity contribution in [1.82, 2.24) is 10.1 Å². The first-order valence-electron chi connectivity index (χ1n) is 5.62. The Morgan fingerprint density at radius 2 is 2.05 bits per heavy atom.